The summed E-state index contributed by atoms with van der Waals surface area (Å²) in [5.74, 6) is -0.0559. The van der Waals surface area contributed by atoms with E-state index in [4.69, 9.17) is 4.74 Å². The van der Waals surface area contributed by atoms with E-state index in [0.29, 0.717) is 17.0 Å². The first-order valence-electron chi connectivity index (χ1n) is 6.06. The number of fused-ring (bicyclic) bond motifs is 1. The van der Waals surface area contributed by atoms with Gasteiger partial charge in [0, 0.05) is 12.0 Å². The summed E-state index contributed by atoms with van der Waals surface area (Å²) >= 11 is 1.35. The Morgan fingerprint density at radius 2 is 2.21 bits per heavy atom. The lowest BCUT2D eigenvalue weighted by atomic mass is 10.0. The van der Waals surface area contributed by atoms with Crippen LogP contribution in [0.1, 0.15) is 28.2 Å². The Kier molecular flexibility index (Phi) is 3.06. The third-order valence-corrected chi connectivity index (χ3v) is 4.35. The van der Waals surface area contributed by atoms with Gasteiger partial charge in [-0.3, -0.25) is 4.79 Å². The molecule has 1 aliphatic carbocycles. The number of methoxy groups -OCH3 is 1. The van der Waals surface area contributed by atoms with Crippen LogP contribution in [0.4, 0.5) is 4.39 Å². The van der Waals surface area contributed by atoms with Crippen molar-refractivity contribution >= 4 is 17.1 Å². The van der Waals surface area contributed by atoms with Crippen LogP contribution in [0.3, 0.4) is 0 Å². The van der Waals surface area contributed by atoms with Gasteiger partial charge in [0.2, 0.25) is 0 Å². The van der Waals surface area contributed by atoms with E-state index in [-0.39, 0.29) is 11.5 Å². The monoisotopic (exact) mass is 277 g/mol. The fraction of sp³-hybridized carbons (Fsp3) is 0.286. The molecule has 1 heterocycles. The first-order valence-corrected chi connectivity index (χ1v) is 6.87. The maximum absolute atomic E-state index is 13.7. The second-order valence-corrected chi connectivity index (χ2v) is 5.42. The lowest BCUT2D eigenvalue weighted by molar-refractivity contribution is 0.0976. The SMILES string of the molecule is COc1ccc(-c2nc3c(s2)C(=O)CCC3)cc1F. The van der Waals surface area contributed by atoms with Gasteiger partial charge in [-0.1, -0.05) is 0 Å². The van der Waals surface area contributed by atoms with Gasteiger partial charge in [0.05, 0.1) is 17.7 Å². The summed E-state index contributed by atoms with van der Waals surface area (Å²) in [6.07, 6.45) is 2.27. The molecule has 0 N–H and O–H groups in total. The van der Waals surface area contributed by atoms with Gasteiger partial charge in [0.1, 0.15) is 5.01 Å². The molecule has 5 heteroatoms. The number of aryl methyl sites for hydroxylation is 1. The maximum atomic E-state index is 13.7. The molecule has 1 aromatic heterocycles. The van der Waals surface area contributed by atoms with Gasteiger partial charge in [-0.2, -0.15) is 0 Å². The zero-order chi connectivity index (χ0) is 13.4. The Labute approximate surface area is 114 Å². The van der Waals surface area contributed by atoms with E-state index < -0.39 is 5.82 Å². The van der Waals surface area contributed by atoms with Crippen molar-refractivity contribution in [2.75, 3.05) is 7.11 Å². The number of carbonyl (C=O) groups excluding carboxylic acids is 1. The average Bonchev–Trinajstić information content (AvgIpc) is 2.84. The molecule has 3 nitrogen and oxygen atoms in total. The minimum absolute atomic E-state index is 0.152. The Balaban J connectivity index is 2.03. The van der Waals surface area contributed by atoms with Crippen molar-refractivity contribution in [2.45, 2.75) is 19.3 Å². The molecule has 1 aliphatic rings. The summed E-state index contributed by atoms with van der Waals surface area (Å²) in [6, 6.07) is 4.73. The summed E-state index contributed by atoms with van der Waals surface area (Å²) in [6.45, 7) is 0. The number of hydrogen-bond donors (Lipinski definition) is 0. The Morgan fingerprint density at radius 3 is 2.89 bits per heavy atom. The number of nitrogens with zero attached hydrogens (tertiary/aromatic N) is 1. The normalized spacial score (nSPS) is 14.3. The van der Waals surface area contributed by atoms with Gasteiger partial charge in [0.25, 0.3) is 0 Å². The van der Waals surface area contributed by atoms with Crippen molar-refractivity contribution in [1.29, 1.82) is 0 Å². The number of ether oxygens (including phenoxy) is 1. The minimum Gasteiger partial charge on any atom is -0.494 e. The largest absolute Gasteiger partial charge is 0.494 e. The van der Waals surface area contributed by atoms with E-state index in [1.54, 1.807) is 12.1 Å². The molecule has 1 aromatic carbocycles. The molecule has 0 atom stereocenters. The molecule has 0 spiro atoms. The fourth-order valence-corrected chi connectivity index (χ4v) is 3.27. The predicted molar refractivity (Wildman–Crippen MR) is 71.3 cm³/mol. The first kappa shape index (κ1) is 12.3. The summed E-state index contributed by atoms with van der Waals surface area (Å²) in [7, 11) is 1.43. The first-order chi connectivity index (χ1) is 9.19. The third-order valence-electron chi connectivity index (χ3n) is 3.17. The molecule has 3 rings (SSSR count). The summed E-state index contributed by atoms with van der Waals surface area (Å²) in [5.41, 5.74) is 1.54. The van der Waals surface area contributed by atoms with Crippen molar-refractivity contribution in [3.8, 4) is 16.3 Å². The van der Waals surface area contributed by atoms with Crippen LogP contribution in [0.2, 0.25) is 0 Å². The van der Waals surface area contributed by atoms with Crippen molar-refractivity contribution < 1.29 is 13.9 Å². The zero-order valence-electron chi connectivity index (χ0n) is 10.4. The third kappa shape index (κ3) is 2.14. The summed E-state index contributed by atoms with van der Waals surface area (Å²) in [4.78, 5) is 17.0. The molecule has 19 heavy (non-hydrogen) atoms. The number of rotatable bonds is 2. The van der Waals surface area contributed by atoms with Gasteiger partial charge in [-0.15, -0.1) is 11.3 Å². The predicted octanol–water partition coefficient (Wildman–Crippen LogP) is 3.48. The molecule has 0 radical (unpaired) electrons. The van der Waals surface area contributed by atoms with E-state index in [1.165, 1.54) is 24.5 Å². The Morgan fingerprint density at radius 1 is 1.37 bits per heavy atom. The van der Waals surface area contributed by atoms with Gasteiger partial charge in [-0.25, -0.2) is 9.37 Å². The molecule has 0 aliphatic heterocycles. The second-order valence-electron chi connectivity index (χ2n) is 4.42. The van der Waals surface area contributed by atoms with Gasteiger partial charge in [0.15, 0.2) is 17.3 Å². The molecule has 0 amide bonds. The van der Waals surface area contributed by atoms with Crippen molar-refractivity contribution in [1.82, 2.24) is 4.98 Å². The topological polar surface area (TPSA) is 39.2 Å². The highest BCUT2D eigenvalue weighted by atomic mass is 32.1. The van der Waals surface area contributed by atoms with Crippen molar-refractivity contribution in [3.05, 3.63) is 34.6 Å². The minimum atomic E-state index is -0.417. The van der Waals surface area contributed by atoms with Crippen LogP contribution in [0.25, 0.3) is 10.6 Å². The number of carbonyl (C=O) groups is 1. The van der Waals surface area contributed by atoms with Crippen LogP contribution in [-0.2, 0) is 6.42 Å². The average molecular weight is 277 g/mol. The van der Waals surface area contributed by atoms with Gasteiger partial charge < -0.3 is 4.74 Å². The van der Waals surface area contributed by atoms with Crippen LogP contribution in [0.15, 0.2) is 18.2 Å². The van der Waals surface area contributed by atoms with Crippen LogP contribution in [-0.4, -0.2) is 17.9 Å². The Bertz CT molecular complexity index is 651. The highest BCUT2D eigenvalue weighted by Crippen LogP contribution is 2.34. The number of aromatic nitrogens is 1. The molecule has 98 valence electrons. The standard InChI is InChI=1S/C14H12FNO2S/c1-18-12-6-5-8(7-9(12)15)14-16-10-3-2-4-11(17)13(10)19-14/h5-7H,2-4H2,1H3. The molecule has 0 saturated heterocycles. The molecule has 0 unspecified atom stereocenters. The molecule has 0 bridgehead atoms. The number of thiazole rings is 1. The lowest BCUT2D eigenvalue weighted by Gasteiger charge is -2.06. The van der Waals surface area contributed by atoms with Crippen LogP contribution >= 0.6 is 11.3 Å². The van der Waals surface area contributed by atoms with E-state index in [0.717, 1.165) is 23.4 Å². The van der Waals surface area contributed by atoms with E-state index >= 15 is 0 Å². The van der Waals surface area contributed by atoms with Gasteiger partial charge in [-0.05, 0) is 31.0 Å². The highest BCUT2D eigenvalue weighted by Gasteiger charge is 2.22. The highest BCUT2D eigenvalue weighted by molar-refractivity contribution is 7.17. The number of Topliss-reactive ketones (excluding diaryl/α,β-unsaturated/α-hetero) is 1. The van der Waals surface area contributed by atoms with Crippen molar-refractivity contribution in [3.63, 3.8) is 0 Å². The summed E-state index contributed by atoms with van der Waals surface area (Å²) < 4.78 is 18.6. The zero-order valence-corrected chi connectivity index (χ0v) is 11.2. The molecule has 0 fully saturated rings. The Hall–Kier alpha value is -1.75. The number of ketones is 1. The smallest absolute Gasteiger partial charge is 0.174 e. The van der Waals surface area contributed by atoms with Crippen LogP contribution < -0.4 is 4.74 Å². The fourth-order valence-electron chi connectivity index (χ4n) is 2.19. The number of benzene rings is 1. The van der Waals surface area contributed by atoms with Gasteiger partial charge >= 0.3 is 0 Å². The number of halogens is 1. The van der Waals surface area contributed by atoms with E-state index in [9.17, 15) is 9.18 Å². The van der Waals surface area contributed by atoms with E-state index in [1.807, 2.05) is 0 Å². The van der Waals surface area contributed by atoms with Crippen LogP contribution in [0, 0.1) is 5.82 Å². The lowest BCUT2D eigenvalue weighted by Crippen LogP contribution is -2.07. The van der Waals surface area contributed by atoms with Crippen LogP contribution in [0.5, 0.6) is 5.75 Å². The second kappa shape index (κ2) is 4.74. The summed E-state index contributed by atoms with van der Waals surface area (Å²) in [5, 5.41) is 0.696. The quantitative estimate of drug-likeness (QED) is 0.843. The molecular weight excluding hydrogens is 265 g/mol. The van der Waals surface area contributed by atoms with E-state index in [2.05, 4.69) is 4.98 Å². The maximum Gasteiger partial charge on any atom is 0.174 e. The molecular formula is C14H12FNO2S. The molecule has 0 saturated carbocycles. The molecule has 2 aromatic rings. The van der Waals surface area contributed by atoms with Crippen molar-refractivity contribution in [2.24, 2.45) is 0 Å². The number of hydrogen-bond acceptors (Lipinski definition) is 4.